The SMILES string of the molecule is Cn1cc(CCC(=O)c2ccnc(CN)c2)cn1. The molecule has 2 aromatic heterocycles. The lowest BCUT2D eigenvalue weighted by molar-refractivity contribution is 0.0982. The first-order chi connectivity index (χ1) is 8.69. The lowest BCUT2D eigenvalue weighted by atomic mass is 10.0. The Kier molecular flexibility index (Phi) is 3.84. The molecule has 0 aromatic carbocycles. The Morgan fingerprint density at radius 3 is 3.00 bits per heavy atom. The van der Waals surface area contributed by atoms with E-state index in [1.54, 1.807) is 29.2 Å². The lowest BCUT2D eigenvalue weighted by Crippen LogP contribution is -2.05. The molecule has 2 heterocycles. The van der Waals surface area contributed by atoms with Gasteiger partial charge in [-0.3, -0.25) is 14.5 Å². The number of hydrogen-bond acceptors (Lipinski definition) is 4. The van der Waals surface area contributed by atoms with E-state index in [2.05, 4.69) is 10.1 Å². The highest BCUT2D eigenvalue weighted by atomic mass is 16.1. The first-order valence-corrected chi connectivity index (χ1v) is 5.85. The first kappa shape index (κ1) is 12.4. The third kappa shape index (κ3) is 3.01. The van der Waals surface area contributed by atoms with Crippen molar-refractivity contribution in [3.05, 3.63) is 47.5 Å². The molecule has 0 saturated heterocycles. The molecule has 0 fully saturated rings. The van der Waals surface area contributed by atoms with Crippen LogP contribution >= 0.6 is 0 Å². The third-order valence-electron chi connectivity index (χ3n) is 2.75. The molecule has 0 saturated carbocycles. The fraction of sp³-hybridized carbons (Fsp3) is 0.308. The molecule has 0 spiro atoms. The van der Waals surface area contributed by atoms with E-state index >= 15 is 0 Å². The van der Waals surface area contributed by atoms with Crippen molar-refractivity contribution in [2.24, 2.45) is 12.8 Å². The van der Waals surface area contributed by atoms with Gasteiger partial charge in [0.15, 0.2) is 5.78 Å². The van der Waals surface area contributed by atoms with Crippen molar-refractivity contribution in [3.63, 3.8) is 0 Å². The van der Waals surface area contributed by atoms with E-state index in [1.807, 2.05) is 13.2 Å². The summed E-state index contributed by atoms with van der Waals surface area (Å²) in [5.74, 6) is 0.107. The van der Waals surface area contributed by atoms with E-state index < -0.39 is 0 Å². The Bertz CT molecular complexity index is 547. The summed E-state index contributed by atoms with van der Waals surface area (Å²) in [5.41, 5.74) is 7.98. The molecule has 5 nitrogen and oxygen atoms in total. The Labute approximate surface area is 106 Å². The zero-order valence-electron chi connectivity index (χ0n) is 10.3. The van der Waals surface area contributed by atoms with E-state index in [-0.39, 0.29) is 5.78 Å². The molecule has 0 bridgehead atoms. The van der Waals surface area contributed by atoms with Gasteiger partial charge in [-0.15, -0.1) is 0 Å². The minimum absolute atomic E-state index is 0.107. The van der Waals surface area contributed by atoms with E-state index in [9.17, 15) is 4.79 Å². The summed E-state index contributed by atoms with van der Waals surface area (Å²) in [6.45, 7) is 0.351. The summed E-state index contributed by atoms with van der Waals surface area (Å²) in [7, 11) is 1.86. The van der Waals surface area contributed by atoms with Crippen molar-refractivity contribution >= 4 is 5.78 Å². The highest BCUT2D eigenvalue weighted by Crippen LogP contribution is 2.08. The predicted octanol–water partition coefficient (Wildman–Crippen LogP) is 1.09. The van der Waals surface area contributed by atoms with Crippen LogP contribution in [0.1, 0.15) is 28.0 Å². The van der Waals surface area contributed by atoms with Gasteiger partial charge in [0.25, 0.3) is 0 Å². The minimum atomic E-state index is 0.107. The monoisotopic (exact) mass is 244 g/mol. The Morgan fingerprint density at radius 2 is 2.33 bits per heavy atom. The number of aryl methyl sites for hydroxylation is 2. The molecule has 2 rings (SSSR count). The van der Waals surface area contributed by atoms with Crippen LogP contribution in [0.4, 0.5) is 0 Å². The standard InChI is InChI=1S/C13H16N4O/c1-17-9-10(8-16-17)2-3-13(18)11-4-5-15-12(6-11)7-14/h4-6,8-9H,2-3,7,14H2,1H3. The number of Topliss-reactive ketones (excluding diaryl/α,β-unsaturated/α-hetero) is 1. The average molecular weight is 244 g/mol. The Hall–Kier alpha value is -2.01. The second-order valence-corrected chi connectivity index (χ2v) is 4.19. The smallest absolute Gasteiger partial charge is 0.163 e. The van der Waals surface area contributed by atoms with Crippen LogP contribution in [0, 0.1) is 0 Å². The van der Waals surface area contributed by atoms with Crippen molar-refractivity contribution in [1.82, 2.24) is 14.8 Å². The number of pyridine rings is 1. The van der Waals surface area contributed by atoms with Gasteiger partial charge in [0, 0.05) is 38.0 Å². The maximum atomic E-state index is 12.0. The summed E-state index contributed by atoms with van der Waals surface area (Å²) in [6, 6.07) is 3.48. The van der Waals surface area contributed by atoms with Gasteiger partial charge in [-0.1, -0.05) is 0 Å². The number of hydrogen-bond donors (Lipinski definition) is 1. The Balaban J connectivity index is 1.99. The fourth-order valence-electron chi connectivity index (χ4n) is 1.77. The highest BCUT2D eigenvalue weighted by molar-refractivity contribution is 5.96. The second kappa shape index (κ2) is 5.55. The van der Waals surface area contributed by atoms with Crippen LogP contribution in [0.25, 0.3) is 0 Å². The van der Waals surface area contributed by atoms with Crippen molar-refractivity contribution < 1.29 is 4.79 Å². The molecule has 2 N–H and O–H groups in total. The number of rotatable bonds is 5. The fourth-order valence-corrected chi connectivity index (χ4v) is 1.77. The van der Waals surface area contributed by atoms with Crippen LogP contribution in [-0.4, -0.2) is 20.5 Å². The van der Waals surface area contributed by atoms with Gasteiger partial charge in [-0.2, -0.15) is 5.10 Å². The van der Waals surface area contributed by atoms with Crippen molar-refractivity contribution in [2.75, 3.05) is 0 Å². The summed E-state index contributed by atoms with van der Waals surface area (Å²) in [6.07, 6.45) is 6.50. The van der Waals surface area contributed by atoms with Crippen molar-refractivity contribution in [2.45, 2.75) is 19.4 Å². The van der Waals surface area contributed by atoms with Gasteiger partial charge in [0.1, 0.15) is 0 Å². The molecule has 0 aliphatic rings. The molecule has 0 atom stereocenters. The zero-order chi connectivity index (χ0) is 13.0. The van der Waals surface area contributed by atoms with Gasteiger partial charge in [-0.05, 0) is 24.1 Å². The van der Waals surface area contributed by atoms with Gasteiger partial charge < -0.3 is 5.73 Å². The van der Waals surface area contributed by atoms with E-state index in [4.69, 9.17) is 5.73 Å². The normalized spacial score (nSPS) is 10.6. The molecular weight excluding hydrogens is 228 g/mol. The van der Waals surface area contributed by atoms with E-state index in [0.717, 1.165) is 11.3 Å². The quantitative estimate of drug-likeness (QED) is 0.799. The van der Waals surface area contributed by atoms with Gasteiger partial charge in [0.05, 0.1) is 11.9 Å². The summed E-state index contributed by atoms with van der Waals surface area (Å²) in [4.78, 5) is 16.1. The van der Waals surface area contributed by atoms with Crippen LogP contribution < -0.4 is 5.73 Å². The molecule has 0 aliphatic carbocycles. The van der Waals surface area contributed by atoms with E-state index in [1.165, 1.54) is 0 Å². The lowest BCUT2D eigenvalue weighted by Gasteiger charge is -2.02. The molecule has 5 heteroatoms. The van der Waals surface area contributed by atoms with Crippen LogP contribution in [0.3, 0.4) is 0 Å². The van der Waals surface area contributed by atoms with Gasteiger partial charge >= 0.3 is 0 Å². The molecular formula is C13H16N4O. The number of aromatic nitrogens is 3. The van der Waals surface area contributed by atoms with Crippen LogP contribution in [0.5, 0.6) is 0 Å². The molecule has 0 aliphatic heterocycles. The maximum absolute atomic E-state index is 12.0. The van der Waals surface area contributed by atoms with Crippen LogP contribution in [-0.2, 0) is 20.0 Å². The molecule has 94 valence electrons. The van der Waals surface area contributed by atoms with Crippen molar-refractivity contribution in [1.29, 1.82) is 0 Å². The summed E-state index contributed by atoms with van der Waals surface area (Å²) < 4.78 is 1.73. The number of carbonyl (C=O) groups excluding carboxylic acids is 1. The molecule has 0 unspecified atom stereocenters. The topological polar surface area (TPSA) is 73.8 Å². The summed E-state index contributed by atoms with van der Waals surface area (Å²) in [5, 5.41) is 4.07. The molecule has 18 heavy (non-hydrogen) atoms. The zero-order valence-corrected chi connectivity index (χ0v) is 10.3. The van der Waals surface area contributed by atoms with Gasteiger partial charge in [0.2, 0.25) is 0 Å². The minimum Gasteiger partial charge on any atom is -0.325 e. The van der Waals surface area contributed by atoms with Crippen molar-refractivity contribution in [3.8, 4) is 0 Å². The van der Waals surface area contributed by atoms with Gasteiger partial charge in [-0.25, -0.2) is 0 Å². The third-order valence-corrected chi connectivity index (χ3v) is 2.75. The van der Waals surface area contributed by atoms with Crippen LogP contribution in [0.15, 0.2) is 30.7 Å². The largest absolute Gasteiger partial charge is 0.325 e. The number of nitrogens with zero attached hydrogens (tertiary/aromatic N) is 3. The van der Waals surface area contributed by atoms with Crippen LogP contribution in [0.2, 0.25) is 0 Å². The molecule has 0 amide bonds. The Morgan fingerprint density at radius 1 is 1.50 bits per heavy atom. The summed E-state index contributed by atoms with van der Waals surface area (Å²) >= 11 is 0. The highest BCUT2D eigenvalue weighted by Gasteiger charge is 2.07. The number of carbonyl (C=O) groups is 1. The first-order valence-electron chi connectivity index (χ1n) is 5.85. The second-order valence-electron chi connectivity index (χ2n) is 4.19. The number of nitrogens with two attached hydrogens (primary N) is 1. The molecule has 0 radical (unpaired) electrons. The molecule has 2 aromatic rings. The average Bonchev–Trinajstić information content (AvgIpc) is 2.82. The number of ketones is 1. The maximum Gasteiger partial charge on any atom is 0.163 e. The van der Waals surface area contributed by atoms with E-state index in [0.29, 0.717) is 24.9 Å². The predicted molar refractivity (Wildman–Crippen MR) is 68.0 cm³/mol.